The molecule has 0 amide bonds. The van der Waals surface area contributed by atoms with E-state index in [2.05, 4.69) is 6.92 Å². The third-order valence-corrected chi connectivity index (χ3v) is 4.06. The van der Waals surface area contributed by atoms with Crippen molar-refractivity contribution in [3.63, 3.8) is 0 Å². The average Bonchev–Trinajstić information content (AvgIpc) is 2.62. The first-order chi connectivity index (χ1) is 8.30. The molecule has 1 heterocycles. The van der Waals surface area contributed by atoms with Gasteiger partial charge in [-0.1, -0.05) is 11.1 Å². The zero-order valence-electron chi connectivity index (χ0n) is 11.4. The van der Waals surface area contributed by atoms with E-state index in [0.717, 1.165) is 12.0 Å². The molecular formula is C13H21NO4. The summed E-state index contributed by atoms with van der Waals surface area (Å²) in [5.41, 5.74) is 2.40. The summed E-state index contributed by atoms with van der Waals surface area (Å²) in [4.78, 5) is 11.1. The molecule has 0 aromatic rings. The number of ether oxygens (including phenoxy) is 2. The summed E-state index contributed by atoms with van der Waals surface area (Å²) in [6, 6.07) is -0.545. The molecule has 0 spiro atoms. The van der Waals surface area contributed by atoms with Crippen LogP contribution in [0.25, 0.3) is 0 Å². The highest BCUT2D eigenvalue weighted by Gasteiger charge is 2.46. The van der Waals surface area contributed by atoms with E-state index in [0.29, 0.717) is 13.0 Å². The highest BCUT2D eigenvalue weighted by molar-refractivity contribution is 5.17. The zero-order chi connectivity index (χ0) is 13.5. The highest BCUT2D eigenvalue weighted by Crippen LogP contribution is 2.38. The average molecular weight is 255 g/mol. The van der Waals surface area contributed by atoms with Crippen molar-refractivity contribution in [2.75, 3.05) is 6.61 Å². The monoisotopic (exact) mass is 255 g/mol. The Kier molecular flexibility index (Phi) is 3.47. The van der Waals surface area contributed by atoms with Gasteiger partial charge < -0.3 is 9.47 Å². The van der Waals surface area contributed by atoms with Crippen LogP contribution in [0.3, 0.4) is 0 Å². The molecule has 3 atom stereocenters. The van der Waals surface area contributed by atoms with Crippen molar-refractivity contribution in [1.29, 1.82) is 0 Å². The lowest BCUT2D eigenvalue weighted by molar-refractivity contribution is -0.535. The van der Waals surface area contributed by atoms with Crippen molar-refractivity contribution >= 4 is 0 Å². The summed E-state index contributed by atoms with van der Waals surface area (Å²) in [5, 5.41) is 11.2. The van der Waals surface area contributed by atoms with Crippen LogP contribution in [0.15, 0.2) is 11.1 Å². The van der Waals surface area contributed by atoms with Crippen LogP contribution < -0.4 is 0 Å². The summed E-state index contributed by atoms with van der Waals surface area (Å²) in [6.07, 6.45) is 1.10. The summed E-state index contributed by atoms with van der Waals surface area (Å²) in [5.74, 6) is -0.693. The van der Waals surface area contributed by atoms with Gasteiger partial charge in [-0.05, 0) is 34.1 Å². The third kappa shape index (κ3) is 2.57. The second-order valence-corrected chi connectivity index (χ2v) is 5.85. The summed E-state index contributed by atoms with van der Waals surface area (Å²) >= 11 is 0. The Labute approximate surface area is 107 Å². The Morgan fingerprint density at radius 2 is 1.89 bits per heavy atom. The van der Waals surface area contributed by atoms with Crippen LogP contribution in [0.1, 0.15) is 40.5 Å². The first kappa shape index (κ1) is 13.5. The number of allylic oxidation sites excluding steroid dienone is 1. The predicted octanol–water partition coefficient (Wildman–Crippen LogP) is 2.53. The molecular weight excluding hydrogens is 234 g/mol. The van der Waals surface area contributed by atoms with Gasteiger partial charge in [-0.2, -0.15) is 0 Å². The molecule has 0 unspecified atom stereocenters. The van der Waals surface area contributed by atoms with E-state index in [-0.39, 0.29) is 16.9 Å². The molecule has 0 radical (unpaired) electrons. The Hall–Kier alpha value is -0.940. The molecule has 1 aliphatic heterocycles. The SMILES string of the molecule is CC1=C(C)C[C@H]([N+](=O)[O-])[C@@H]([C@H]2COC(C)(C)O2)C1. The second kappa shape index (κ2) is 4.63. The van der Waals surface area contributed by atoms with Crippen molar-refractivity contribution in [1.82, 2.24) is 0 Å². The minimum atomic E-state index is -0.615. The van der Waals surface area contributed by atoms with Crippen LogP contribution in [-0.4, -0.2) is 29.5 Å². The number of nitrogens with zero attached hydrogens (tertiary/aromatic N) is 1. The lowest BCUT2D eigenvalue weighted by atomic mass is 9.78. The number of hydrogen-bond donors (Lipinski definition) is 0. The standard InChI is InChI=1S/C13H21NO4/c1-8-5-10(11(14(15)16)6-9(8)2)12-7-17-13(3,4)18-12/h10-12H,5-7H2,1-4H3/t10-,11-,12+/m0/s1. The van der Waals surface area contributed by atoms with Gasteiger partial charge in [0.15, 0.2) is 5.79 Å². The van der Waals surface area contributed by atoms with E-state index in [1.54, 1.807) is 0 Å². The smallest absolute Gasteiger partial charge is 0.222 e. The number of rotatable bonds is 2. The van der Waals surface area contributed by atoms with Gasteiger partial charge in [-0.15, -0.1) is 0 Å². The summed E-state index contributed by atoms with van der Waals surface area (Å²) in [6.45, 7) is 8.20. The Bertz CT molecular complexity index is 388. The first-order valence-electron chi connectivity index (χ1n) is 6.40. The van der Waals surface area contributed by atoms with Crippen LogP contribution in [0.2, 0.25) is 0 Å². The molecule has 5 heteroatoms. The van der Waals surface area contributed by atoms with Crippen LogP contribution in [0, 0.1) is 16.0 Å². The molecule has 102 valence electrons. The minimum absolute atomic E-state index is 0.0783. The van der Waals surface area contributed by atoms with Crippen LogP contribution >= 0.6 is 0 Å². The maximum Gasteiger partial charge on any atom is 0.222 e. The van der Waals surface area contributed by atoms with Gasteiger partial charge in [-0.3, -0.25) is 10.1 Å². The third-order valence-electron chi connectivity index (χ3n) is 4.06. The molecule has 2 rings (SSSR count). The van der Waals surface area contributed by atoms with Gasteiger partial charge in [0.1, 0.15) is 0 Å². The lowest BCUT2D eigenvalue weighted by Gasteiger charge is -2.31. The van der Waals surface area contributed by atoms with Crippen LogP contribution in [-0.2, 0) is 9.47 Å². The normalized spacial score (nSPS) is 35.9. The largest absolute Gasteiger partial charge is 0.348 e. The van der Waals surface area contributed by atoms with E-state index in [1.807, 2.05) is 20.8 Å². The molecule has 5 nitrogen and oxygen atoms in total. The van der Waals surface area contributed by atoms with E-state index >= 15 is 0 Å². The van der Waals surface area contributed by atoms with E-state index < -0.39 is 11.8 Å². The number of nitro groups is 1. The van der Waals surface area contributed by atoms with Crippen molar-refractivity contribution in [2.24, 2.45) is 5.92 Å². The van der Waals surface area contributed by atoms with Crippen molar-refractivity contribution in [3.05, 3.63) is 21.3 Å². The highest BCUT2D eigenvalue weighted by atomic mass is 16.7. The van der Waals surface area contributed by atoms with Crippen molar-refractivity contribution < 1.29 is 14.4 Å². The first-order valence-corrected chi connectivity index (χ1v) is 6.40. The molecule has 0 saturated carbocycles. The Morgan fingerprint density at radius 3 is 2.39 bits per heavy atom. The molecule has 1 saturated heterocycles. The van der Waals surface area contributed by atoms with E-state index in [1.165, 1.54) is 5.57 Å². The number of hydrogen-bond acceptors (Lipinski definition) is 4. The van der Waals surface area contributed by atoms with Crippen molar-refractivity contribution in [2.45, 2.75) is 58.5 Å². The van der Waals surface area contributed by atoms with Gasteiger partial charge in [0, 0.05) is 11.3 Å². The van der Waals surface area contributed by atoms with Gasteiger partial charge in [0.05, 0.1) is 18.6 Å². The van der Waals surface area contributed by atoms with Gasteiger partial charge in [0.25, 0.3) is 0 Å². The predicted molar refractivity (Wildman–Crippen MR) is 66.8 cm³/mol. The van der Waals surface area contributed by atoms with Gasteiger partial charge >= 0.3 is 0 Å². The molecule has 18 heavy (non-hydrogen) atoms. The van der Waals surface area contributed by atoms with Crippen LogP contribution in [0.5, 0.6) is 0 Å². The molecule has 1 fully saturated rings. The lowest BCUT2D eigenvalue weighted by Crippen LogP contribution is -2.41. The van der Waals surface area contributed by atoms with Crippen molar-refractivity contribution in [3.8, 4) is 0 Å². The summed E-state index contributed by atoms with van der Waals surface area (Å²) < 4.78 is 11.3. The molecule has 0 aromatic carbocycles. The topological polar surface area (TPSA) is 61.6 Å². The zero-order valence-corrected chi connectivity index (χ0v) is 11.4. The fourth-order valence-corrected chi connectivity index (χ4v) is 2.84. The maximum atomic E-state index is 11.2. The van der Waals surface area contributed by atoms with Crippen LogP contribution in [0.4, 0.5) is 0 Å². The fourth-order valence-electron chi connectivity index (χ4n) is 2.84. The molecule has 0 N–H and O–H groups in total. The van der Waals surface area contributed by atoms with E-state index in [4.69, 9.17) is 9.47 Å². The fraction of sp³-hybridized carbons (Fsp3) is 0.846. The quantitative estimate of drug-likeness (QED) is 0.432. The van der Waals surface area contributed by atoms with Gasteiger partial charge in [0.2, 0.25) is 6.04 Å². The van der Waals surface area contributed by atoms with Gasteiger partial charge in [-0.25, -0.2) is 0 Å². The Balaban J connectivity index is 2.18. The second-order valence-electron chi connectivity index (χ2n) is 5.85. The summed E-state index contributed by atoms with van der Waals surface area (Å²) in [7, 11) is 0. The maximum absolute atomic E-state index is 11.2. The molecule has 1 aliphatic carbocycles. The molecule has 0 bridgehead atoms. The molecule has 2 aliphatic rings. The molecule has 0 aromatic heterocycles. The minimum Gasteiger partial charge on any atom is -0.348 e. The Morgan fingerprint density at radius 1 is 1.28 bits per heavy atom. The van der Waals surface area contributed by atoms with E-state index in [9.17, 15) is 10.1 Å².